The van der Waals surface area contributed by atoms with E-state index in [1.54, 1.807) is 39.0 Å². The van der Waals surface area contributed by atoms with Gasteiger partial charge in [0.15, 0.2) is 12.4 Å². The smallest absolute Gasteiger partial charge is 0.422 e. The number of nitrogens with one attached hydrogen (secondary N) is 1. The summed E-state index contributed by atoms with van der Waals surface area (Å²) in [5.41, 5.74) is 1.77. The van der Waals surface area contributed by atoms with E-state index in [0.29, 0.717) is 25.7 Å². The van der Waals surface area contributed by atoms with Crippen LogP contribution in [0.3, 0.4) is 0 Å². The third kappa shape index (κ3) is 10.5. The van der Waals surface area contributed by atoms with Crippen molar-refractivity contribution in [1.82, 2.24) is 10.2 Å². The number of benzene rings is 2. The Bertz CT molecular complexity index is 1930. The van der Waals surface area contributed by atoms with Crippen LogP contribution in [0.1, 0.15) is 79.9 Å². The van der Waals surface area contributed by atoms with E-state index in [1.807, 2.05) is 24.3 Å². The minimum absolute atomic E-state index is 0.00960. The summed E-state index contributed by atoms with van der Waals surface area (Å²) in [4.78, 5) is 67.4. The number of carbonyl (C=O) groups is 5. The number of alkyl halides is 3. The van der Waals surface area contributed by atoms with Crippen LogP contribution in [0.25, 0.3) is 6.08 Å². The lowest BCUT2D eigenvalue weighted by atomic mass is 9.91. The van der Waals surface area contributed by atoms with Crippen LogP contribution in [-0.4, -0.2) is 107 Å². The van der Waals surface area contributed by atoms with Crippen molar-refractivity contribution in [2.24, 2.45) is 0 Å². The van der Waals surface area contributed by atoms with Crippen molar-refractivity contribution in [3.05, 3.63) is 88.5 Å². The molecule has 0 bridgehead atoms. The number of carbonyl (C=O) groups excluding carboxylic acids is 5. The molecule has 312 valence electrons. The zero-order valence-electron chi connectivity index (χ0n) is 32.4. The molecule has 0 aromatic heterocycles. The first-order chi connectivity index (χ1) is 27.4. The maximum atomic E-state index is 14.3. The number of aliphatic hydroxyl groups excluding tert-OH is 1. The summed E-state index contributed by atoms with van der Waals surface area (Å²) in [6, 6.07) is 12.2. The molecule has 2 heterocycles. The fraction of sp³-hybridized carbons (Fsp3) is 0.500. The molecule has 16 heteroatoms. The predicted octanol–water partition coefficient (Wildman–Crippen LogP) is 4.53. The zero-order chi connectivity index (χ0) is 41.8. The van der Waals surface area contributed by atoms with Gasteiger partial charge in [-0.15, -0.1) is 0 Å². The van der Waals surface area contributed by atoms with Crippen molar-refractivity contribution in [2.75, 3.05) is 19.8 Å². The average molecular weight is 813 g/mol. The molecule has 2 aromatic rings. The van der Waals surface area contributed by atoms with Gasteiger partial charge in [0.2, 0.25) is 11.8 Å². The van der Waals surface area contributed by atoms with Gasteiger partial charge in [0, 0.05) is 43.9 Å². The molecule has 0 unspecified atom stereocenters. The summed E-state index contributed by atoms with van der Waals surface area (Å²) < 4.78 is 66.4. The van der Waals surface area contributed by atoms with Gasteiger partial charge in [0.1, 0.15) is 30.0 Å². The van der Waals surface area contributed by atoms with Gasteiger partial charge in [-0.2, -0.15) is 13.2 Å². The molecule has 2 saturated heterocycles. The van der Waals surface area contributed by atoms with Crippen LogP contribution in [0.4, 0.5) is 13.2 Å². The lowest BCUT2D eigenvalue weighted by Crippen LogP contribution is -2.51. The Morgan fingerprint density at radius 2 is 1.71 bits per heavy atom. The van der Waals surface area contributed by atoms with Crippen molar-refractivity contribution in [2.45, 2.75) is 114 Å². The van der Waals surface area contributed by atoms with Gasteiger partial charge < -0.3 is 39.0 Å². The van der Waals surface area contributed by atoms with Crippen molar-refractivity contribution in [3.63, 3.8) is 0 Å². The Labute approximate surface area is 333 Å². The van der Waals surface area contributed by atoms with E-state index in [0.717, 1.165) is 23.3 Å². The molecule has 6 rings (SSSR count). The number of nitrogens with zero attached hydrogens (tertiary/aromatic N) is 1. The van der Waals surface area contributed by atoms with Gasteiger partial charge in [0.25, 0.3) is 0 Å². The first kappa shape index (κ1) is 42.5. The van der Waals surface area contributed by atoms with Gasteiger partial charge >= 0.3 is 24.1 Å². The SMILES string of the molecule is CC(C)(C)OC(=O)CC[C@@H](CO)NC(=O)[C@H]1CCCN1C(=O)C1=C[C@H]2OC3(Cc4ccccc4C3)O[C@H]2[C@H](OC(=O)c2ccccc2C=CC(=O)OCC(F)(F)F)C1. The van der Waals surface area contributed by atoms with Crippen molar-refractivity contribution >= 4 is 35.8 Å². The van der Waals surface area contributed by atoms with Gasteiger partial charge in [-0.05, 0) is 74.9 Å². The fourth-order valence-electron chi connectivity index (χ4n) is 7.70. The number of fused-ring (bicyclic) bond motifs is 2. The van der Waals surface area contributed by atoms with E-state index in [-0.39, 0.29) is 42.5 Å². The van der Waals surface area contributed by atoms with E-state index in [9.17, 15) is 42.3 Å². The molecule has 0 radical (unpaired) electrons. The topological polar surface area (TPSA) is 167 Å². The number of amides is 2. The molecule has 0 saturated carbocycles. The van der Waals surface area contributed by atoms with Gasteiger partial charge in [-0.25, -0.2) is 9.59 Å². The maximum Gasteiger partial charge on any atom is 0.422 e. The number of ether oxygens (including phenoxy) is 5. The molecule has 4 aliphatic rings. The van der Waals surface area contributed by atoms with Crippen molar-refractivity contribution in [1.29, 1.82) is 0 Å². The van der Waals surface area contributed by atoms with Crippen LogP contribution in [0.15, 0.2) is 66.3 Å². The van der Waals surface area contributed by atoms with Crippen LogP contribution in [0, 0.1) is 0 Å². The predicted molar refractivity (Wildman–Crippen MR) is 200 cm³/mol. The molecule has 2 aliphatic carbocycles. The van der Waals surface area contributed by atoms with Crippen LogP contribution in [0.5, 0.6) is 0 Å². The first-order valence-corrected chi connectivity index (χ1v) is 19.2. The third-order valence-electron chi connectivity index (χ3n) is 10.2. The normalized spacial score (nSPS) is 22.9. The highest BCUT2D eigenvalue weighted by atomic mass is 19.4. The molecular weight excluding hydrogens is 765 g/mol. The number of halogens is 3. The Hall–Kier alpha value is -5.06. The second kappa shape index (κ2) is 17.4. The molecule has 1 spiro atoms. The lowest BCUT2D eigenvalue weighted by molar-refractivity contribution is -0.182. The van der Waals surface area contributed by atoms with Gasteiger partial charge in [0.05, 0.1) is 18.2 Å². The van der Waals surface area contributed by atoms with Crippen molar-refractivity contribution < 1.29 is 65.9 Å². The summed E-state index contributed by atoms with van der Waals surface area (Å²) in [6.07, 6.45) is -2.13. The molecule has 5 atom stereocenters. The summed E-state index contributed by atoms with van der Waals surface area (Å²) in [7, 11) is 0. The minimum Gasteiger partial charge on any atom is -0.460 e. The van der Waals surface area contributed by atoms with E-state index in [4.69, 9.17) is 18.9 Å². The zero-order valence-corrected chi connectivity index (χ0v) is 32.4. The van der Waals surface area contributed by atoms with Gasteiger partial charge in [-0.3, -0.25) is 14.4 Å². The Kier molecular flexibility index (Phi) is 12.8. The summed E-state index contributed by atoms with van der Waals surface area (Å²) in [6.45, 7) is 3.28. The molecule has 2 N–H and O–H groups in total. The molecule has 13 nitrogen and oxygen atoms in total. The number of esters is 3. The largest absolute Gasteiger partial charge is 0.460 e. The number of hydrogen-bond donors (Lipinski definition) is 2. The van der Waals surface area contributed by atoms with E-state index >= 15 is 0 Å². The number of rotatable bonds is 12. The Morgan fingerprint density at radius 3 is 2.38 bits per heavy atom. The van der Waals surface area contributed by atoms with Crippen LogP contribution >= 0.6 is 0 Å². The quantitative estimate of drug-likeness (QED) is 0.176. The average Bonchev–Trinajstić information content (AvgIpc) is 3.89. The van der Waals surface area contributed by atoms with Crippen LogP contribution in [0.2, 0.25) is 0 Å². The van der Waals surface area contributed by atoms with Crippen LogP contribution in [-0.2, 0) is 55.7 Å². The highest BCUT2D eigenvalue weighted by Crippen LogP contribution is 2.45. The maximum absolute atomic E-state index is 14.3. The number of hydrogen-bond acceptors (Lipinski definition) is 11. The fourth-order valence-corrected chi connectivity index (χ4v) is 7.70. The van der Waals surface area contributed by atoms with Gasteiger partial charge in [-0.1, -0.05) is 42.5 Å². The summed E-state index contributed by atoms with van der Waals surface area (Å²) >= 11 is 0. The highest BCUT2D eigenvalue weighted by Gasteiger charge is 2.55. The number of likely N-dealkylation sites (tertiary alicyclic amines) is 1. The van der Waals surface area contributed by atoms with Crippen LogP contribution < -0.4 is 5.32 Å². The number of aliphatic hydroxyl groups is 1. The van der Waals surface area contributed by atoms with E-state index < -0.39 is 90.9 Å². The molecule has 2 aromatic carbocycles. The summed E-state index contributed by atoms with van der Waals surface area (Å²) in [5.74, 6) is -4.62. The molecule has 2 fully saturated rings. The third-order valence-corrected chi connectivity index (χ3v) is 10.2. The van der Waals surface area contributed by atoms with Crippen molar-refractivity contribution in [3.8, 4) is 0 Å². The summed E-state index contributed by atoms with van der Waals surface area (Å²) in [5, 5.41) is 12.8. The highest BCUT2D eigenvalue weighted by molar-refractivity contribution is 5.98. The molecule has 58 heavy (non-hydrogen) atoms. The monoisotopic (exact) mass is 812 g/mol. The van der Waals surface area contributed by atoms with E-state index in [1.165, 1.54) is 17.0 Å². The second-order valence-corrected chi connectivity index (χ2v) is 15.9. The van der Waals surface area contributed by atoms with E-state index in [2.05, 4.69) is 10.1 Å². The molecular formula is C42H47F3N2O11. The standard InChI is InChI=1S/C42H47F3N2O11/c1-40(2,3)57-35(50)17-15-29(23-48)46-37(51)31-13-8-18-47(31)38(52)28-19-32(36-33(20-28)56-41(58-36)21-26-10-4-5-11-27(26)22-41)55-39(53)30-12-7-6-9-25(30)14-16-34(49)54-24-42(43,44)45/h4-7,9-12,14,16,20,29,31-33,36,48H,8,13,15,17-19,21-24H2,1-3H3,(H,46,51)/t29-,31+,32+,33+,36-/m0/s1. The second-order valence-electron chi connectivity index (χ2n) is 15.9. The molecule has 2 amide bonds. The lowest BCUT2D eigenvalue weighted by Gasteiger charge is -2.33. The Morgan fingerprint density at radius 1 is 1.02 bits per heavy atom. The molecule has 2 aliphatic heterocycles. The first-order valence-electron chi connectivity index (χ1n) is 19.2. The minimum atomic E-state index is -4.71. The Balaban J connectivity index is 1.19.